The van der Waals surface area contributed by atoms with Crippen LogP contribution in [-0.4, -0.2) is 10.5 Å². The minimum absolute atomic E-state index is 0.125. The molecule has 0 unspecified atom stereocenters. The molecule has 1 heterocycles. The van der Waals surface area contributed by atoms with Gasteiger partial charge >= 0.3 is 0 Å². The molecular weight excluding hydrogens is 344 g/mol. The highest BCUT2D eigenvalue weighted by Gasteiger charge is 2.16. The molecule has 0 aliphatic carbocycles. The molecule has 114 valence electrons. The Hall–Kier alpha value is -0.710. The number of aryl methyl sites for hydroxylation is 2. The summed E-state index contributed by atoms with van der Waals surface area (Å²) in [6.45, 7) is 11.7. The van der Waals surface area contributed by atoms with Gasteiger partial charge in [-0.3, -0.25) is 0 Å². The van der Waals surface area contributed by atoms with Crippen LogP contribution in [0.5, 0.6) is 0 Å². The number of nitrogens with one attached hydrogen (secondary N) is 1. The van der Waals surface area contributed by atoms with E-state index in [-0.39, 0.29) is 5.54 Å². The van der Waals surface area contributed by atoms with E-state index in [1.807, 2.05) is 0 Å². The third kappa shape index (κ3) is 4.38. The van der Waals surface area contributed by atoms with Gasteiger partial charge in [-0.15, -0.1) is 11.3 Å². The smallest absolute Gasteiger partial charge is 0.125 e. The molecule has 1 aromatic carbocycles. The number of hydrogen-bond acceptors (Lipinski definition) is 3. The fraction of sp³-hybridized carbons (Fsp3) is 0.471. The van der Waals surface area contributed by atoms with Crippen LogP contribution in [0.2, 0.25) is 0 Å². The first-order valence-electron chi connectivity index (χ1n) is 7.30. The number of benzene rings is 1. The van der Waals surface area contributed by atoms with Crippen molar-refractivity contribution in [2.45, 2.75) is 53.1 Å². The van der Waals surface area contributed by atoms with Crippen molar-refractivity contribution in [3.8, 4) is 10.6 Å². The fourth-order valence-electron chi connectivity index (χ4n) is 2.05. The second-order valence-corrected chi connectivity index (χ2v) is 8.27. The van der Waals surface area contributed by atoms with Crippen molar-refractivity contribution in [3.05, 3.63) is 38.8 Å². The SMILES string of the molecule is CCc1nc(-c2ccc(C)cc2Br)sc1CNC(C)(C)C. The van der Waals surface area contributed by atoms with E-state index in [1.54, 1.807) is 11.3 Å². The predicted molar refractivity (Wildman–Crippen MR) is 96.0 cm³/mol. The van der Waals surface area contributed by atoms with Crippen molar-refractivity contribution >= 4 is 27.3 Å². The van der Waals surface area contributed by atoms with E-state index in [4.69, 9.17) is 4.98 Å². The van der Waals surface area contributed by atoms with Crippen LogP contribution in [-0.2, 0) is 13.0 Å². The molecule has 21 heavy (non-hydrogen) atoms. The zero-order chi connectivity index (χ0) is 15.6. The average molecular weight is 367 g/mol. The Kier molecular flexibility index (Phi) is 5.23. The van der Waals surface area contributed by atoms with Gasteiger partial charge in [0, 0.05) is 27.0 Å². The molecule has 0 radical (unpaired) electrons. The minimum Gasteiger partial charge on any atom is -0.307 e. The summed E-state index contributed by atoms with van der Waals surface area (Å²) in [6.07, 6.45) is 0.973. The van der Waals surface area contributed by atoms with E-state index in [9.17, 15) is 0 Å². The number of aromatic nitrogens is 1. The lowest BCUT2D eigenvalue weighted by molar-refractivity contribution is 0.425. The molecule has 0 spiro atoms. The monoisotopic (exact) mass is 366 g/mol. The maximum absolute atomic E-state index is 4.84. The summed E-state index contributed by atoms with van der Waals surface area (Å²) in [4.78, 5) is 6.18. The van der Waals surface area contributed by atoms with E-state index >= 15 is 0 Å². The van der Waals surface area contributed by atoms with Gasteiger partial charge in [-0.1, -0.05) is 35.0 Å². The molecule has 0 amide bonds. The molecule has 0 fully saturated rings. The molecule has 1 N–H and O–H groups in total. The first-order chi connectivity index (χ1) is 9.80. The van der Waals surface area contributed by atoms with Crippen molar-refractivity contribution in [1.82, 2.24) is 10.3 Å². The first-order valence-corrected chi connectivity index (χ1v) is 8.91. The Balaban J connectivity index is 2.31. The molecule has 0 bridgehead atoms. The number of thiazole rings is 1. The lowest BCUT2D eigenvalue weighted by Gasteiger charge is -2.20. The fourth-order valence-corrected chi connectivity index (χ4v) is 3.99. The Morgan fingerprint density at radius 2 is 2.00 bits per heavy atom. The molecule has 1 aromatic heterocycles. The van der Waals surface area contributed by atoms with Crippen molar-refractivity contribution in [3.63, 3.8) is 0 Å². The topological polar surface area (TPSA) is 24.9 Å². The van der Waals surface area contributed by atoms with Gasteiger partial charge in [-0.05, 0) is 45.7 Å². The lowest BCUT2D eigenvalue weighted by Crippen LogP contribution is -2.35. The molecule has 0 atom stereocenters. The lowest BCUT2D eigenvalue weighted by atomic mass is 10.1. The van der Waals surface area contributed by atoms with Crippen LogP contribution in [0.25, 0.3) is 10.6 Å². The normalized spacial score (nSPS) is 11.9. The molecule has 0 aliphatic heterocycles. The Morgan fingerprint density at radius 1 is 1.29 bits per heavy atom. The van der Waals surface area contributed by atoms with Crippen LogP contribution in [0.1, 0.15) is 43.8 Å². The number of nitrogens with zero attached hydrogens (tertiary/aromatic N) is 1. The highest BCUT2D eigenvalue weighted by molar-refractivity contribution is 9.10. The van der Waals surface area contributed by atoms with Crippen LogP contribution in [0.4, 0.5) is 0 Å². The molecular formula is C17H23BrN2S. The van der Waals surface area contributed by atoms with Gasteiger partial charge < -0.3 is 5.32 Å². The molecule has 0 saturated heterocycles. The molecule has 4 heteroatoms. The first kappa shape index (κ1) is 16.7. The van der Waals surface area contributed by atoms with Crippen LogP contribution >= 0.6 is 27.3 Å². The van der Waals surface area contributed by atoms with E-state index in [2.05, 4.69) is 74.1 Å². The van der Waals surface area contributed by atoms with Gasteiger partial charge in [0.05, 0.1) is 5.69 Å². The van der Waals surface area contributed by atoms with Crippen LogP contribution in [0.3, 0.4) is 0 Å². The third-order valence-corrected chi connectivity index (χ3v) is 5.03. The molecule has 2 nitrogen and oxygen atoms in total. The minimum atomic E-state index is 0.125. The number of hydrogen-bond donors (Lipinski definition) is 1. The number of rotatable bonds is 4. The van der Waals surface area contributed by atoms with Gasteiger partial charge in [-0.2, -0.15) is 0 Å². The van der Waals surface area contributed by atoms with E-state index in [0.717, 1.165) is 22.4 Å². The van der Waals surface area contributed by atoms with Gasteiger partial charge in [0.2, 0.25) is 0 Å². The highest BCUT2D eigenvalue weighted by Crippen LogP contribution is 2.34. The summed E-state index contributed by atoms with van der Waals surface area (Å²) < 4.78 is 1.12. The summed E-state index contributed by atoms with van der Waals surface area (Å²) in [5, 5.41) is 4.66. The zero-order valence-electron chi connectivity index (χ0n) is 13.4. The van der Waals surface area contributed by atoms with Crippen molar-refractivity contribution in [2.75, 3.05) is 0 Å². The summed E-state index contributed by atoms with van der Waals surface area (Å²) in [5.74, 6) is 0. The summed E-state index contributed by atoms with van der Waals surface area (Å²) in [6, 6.07) is 6.44. The largest absolute Gasteiger partial charge is 0.307 e. The van der Waals surface area contributed by atoms with Gasteiger partial charge in [0.25, 0.3) is 0 Å². The Morgan fingerprint density at radius 3 is 2.57 bits per heavy atom. The predicted octanol–water partition coefficient (Wildman–Crippen LogP) is 5.33. The van der Waals surface area contributed by atoms with Gasteiger partial charge in [0.15, 0.2) is 0 Å². The molecule has 2 aromatic rings. The average Bonchev–Trinajstić information content (AvgIpc) is 2.78. The van der Waals surface area contributed by atoms with Gasteiger partial charge in [0.1, 0.15) is 5.01 Å². The third-order valence-electron chi connectivity index (χ3n) is 3.25. The van der Waals surface area contributed by atoms with Crippen molar-refractivity contribution in [2.24, 2.45) is 0 Å². The quantitative estimate of drug-likeness (QED) is 0.790. The Bertz CT molecular complexity index is 626. The zero-order valence-corrected chi connectivity index (χ0v) is 15.8. The van der Waals surface area contributed by atoms with E-state index < -0.39 is 0 Å². The van der Waals surface area contributed by atoms with Crippen molar-refractivity contribution in [1.29, 1.82) is 0 Å². The highest BCUT2D eigenvalue weighted by atomic mass is 79.9. The Labute approximate surface area is 140 Å². The summed E-state index contributed by atoms with van der Waals surface area (Å²) in [5.41, 5.74) is 3.77. The molecule has 2 rings (SSSR count). The van der Waals surface area contributed by atoms with E-state index in [0.29, 0.717) is 0 Å². The second kappa shape index (κ2) is 6.59. The summed E-state index contributed by atoms with van der Waals surface area (Å²) >= 11 is 5.46. The van der Waals surface area contributed by atoms with Crippen LogP contribution in [0.15, 0.2) is 22.7 Å². The van der Waals surface area contributed by atoms with E-state index in [1.165, 1.54) is 21.7 Å². The van der Waals surface area contributed by atoms with Crippen LogP contribution in [0, 0.1) is 6.92 Å². The van der Waals surface area contributed by atoms with Crippen LogP contribution < -0.4 is 5.32 Å². The number of halogens is 1. The van der Waals surface area contributed by atoms with Gasteiger partial charge in [-0.25, -0.2) is 4.98 Å². The van der Waals surface area contributed by atoms with Crippen molar-refractivity contribution < 1.29 is 0 Å². The second-order valence-electron chi connectivity index (χ2n) is 6.33. The standard InChI is InChI=1S/C17H23BrN2S/c1-6-14-15(10-19-17(3,4)5)21-16(20-14)12-8-7-11(2)9-13(12)18/h7-9,19H,6,10H2,1-5H3. The summed E-state index contributed by atoms with van der Waals surface area (Å²) in [7, 11) is 0. The molecule has 0 saturated carbocycles. The maximum atomic E-state index is 4.84. The molecule has 0 aliphatic rings. The maximum Gasteiger partial charge on any atom is 0.125 e.